The Morgan fingerprint density at radius 1 is 1.06 bits per heavy atom. The number of hydrogen-bond acceptors (Lipinski definition) is 4. The van der Waals surface area contributed by atoms with Crippen molar-refractivity contribution in [3.05, 3.63) is 99.0 Å². The largest absolute Gasteiger partial charge is 0.478 e. The molecule has 0 radical (unpaired) electrons. The quantitative estimate of drug-likeness (QED) is 0.207. The van der Waals surface area contributed by atoms with E-state index in [0.29, 0.717) is 12.1 Å². The second-order valence-electron chi connectivity index (χ2n) is 14.5. The Kier molecular flexibility index (Phi) is 10.8. The number of carboxylic acid groups (broad SMARTS) is 1. The molecular weight excluding hydrogens is 655 g/mol. The molecule has 0 aromatic heterocycles. The number of carbonyl (C=O) groups excluding carboxylic acids is 1. The summed E-state index contributed by atoms with van der Waals surface area (Å²) in [6, 6.07) is 15.7. The average Bonchev–Trinajstić information content (AvgIpc) is 3.34. The normalized spacial score (nSPS) is 23.8. The lowest BCUT2D eigenvalue weighted by Gasteiger charge is -2.45. The molecule has 1 aliphatic carbocycles. The van der Waals surface area contributed by atoms with Crippen molar-refractivity contribution >= 4 is 40.8 Å². The van der Waals surface area contributed by atoms with Crippen LogP contribution in [0.3, 0.4) is 0 Å². The zero-order valence-electron chi connectivity index (χ0n) is 27.3. The molecule has 10 heteroatoms. The first kappa shape index (κ1) is 35.8. The number of hydrogen-bond donors (Lipinski definition) is 3. The SMILES string of the molecule is CC(C)(C)C[C@@H]1N[C@@H](C(=O)Nc2ccc(C(=O)O)cc2)[C@H](c2cccc(Cl)c2F)[C@]1(CC(C#N)C1CCCCC1)c1ccc(Cl)cc1F. The van der Waals surface area contributed by atoms with Crippen molar-refractivity contribution in [2.75, 3.05) is 5.32 Å². The van der Waals surface area contributed by atoms with Crippen molar-refractivity contribution in [2.24, 2.45) is 17.3 Å². The van der Waals surface area contributed by atoms with Crippen molar-refractivity contribution in [1.82, 2.24) is 5.32 Å². The van der Waals surface area contributed by atoms with Gasteiger partial charge in [0.25, 0.3) is 0 Å². The van der Waals surface area contributed by atoms with E-state index in [2.05, 4.69) is 16.7 Å². The number of halogens is 4. The molecule has 1 aliphatic heterocycles. The van der Waals surface area contributed by atoms with Crippen LogP contribution in [0.4, 0.5) is 14.5 Å². The fraction of sp³-hybridized carbons (Fsp3) is 0.447. The van der Waals surface area contributed by atoms with Crippen LogP contribution in [-0.4, -0.2) is 29.1 Å². The third-order valence-corrected chi connectivity index (χ3v) is 10.6. The molecule has 1 heterocycles. The van der Waals surface area contributed by atoms with E-state index in [1.54, 1.807) is 24.3 Å². The molecule has 2 fully saturated rings. The molecule has 48 heavy (non-hydrogen) atoms. The summed E-state index contributed by atoms with van der Waals surface area (Å²) < 4.78 is 32.9. The summed E-state index contributed by atoms with van der Waals surface area (Å²) >= 11 is 12.7. The summed E-state index contributed by atoms with van der Waals surface area (Å²) in [6.07, 6.45) is 5.44. The number of carbonyl (C=O) groups is 2. The highest BCUT2D eigenvalue weighted by Crippen LogP contribution is 2.57. The Hall–Kier alpha value is -3.51. The molecule has 2 aliphatic rings. The van der Waals surface area contributed by atoms with Gasteiger partial charge in [-0.2, -0.15) is 5.26 Å². The van der Waals surface area contributed by atoms with Gasteiger partial charge in [-0.1, -0.05) is 81.4 Å². The highest BCUT2D eigenvalue weighted by molar-refractivity contribution is 6.31. The van der Waals surface area contributed by atoms with Crippen LogP contribution in [0.25, 0.3) is 0 Å². The number of benzene rings is 3. The number of rotatable bonds is 9. The van der Waals surface area contributed by atoms with Gasteiger partial charge in [0.2, 0.25) is 5.91 Å². The second kappa shape index (κ2) is 14.5. The Morgan fingerprint density at radius 3 is 2.35 bits per heavy atom. The molecule has 0 spiro atoms. The van der Waals surface area contributed by atoms with E-state index in [1.807, 2.05) is 20.8 Å². The lowest BCUT2D eigenvalue weighted by Crippen LogP contribution is -2.47. The van der Waals surface area contributed by atoms with Crippen LogP contribution < -0.4 is 10.6 Å². The lowest BCUT2D eigenvalue weighted by atomic mass is 9.57. The summed E-state index contributed by atoms with van der Waals surface area (Å²) in [4.78, 5) is 25.8. The Morgan fingerprint density at radius 2 is 1.75 bits per heavy atom. The van der Waals surface area contributed by atoms with E-state index < -0.39 is 52.8 Å². The van der Waals surface area contributed by atoms with Crippen LogP contribution in [0.1, 0.15) is 93.1 Å². The average molecular weight is 697 g/mol. The molecule has 254 valence electrons. The molecule has 1 saturated heterocycles. The van der Waals surface area contributed by atoms with E-state index >= 15 is 8.78 Å². The maximum absolute atomic E-state index is 16.5. The number of nitrogens with one attached hydrogen (secondary N) is 2. The predicted octanol–water partition coefficient (Wildman–Crippen LogP) is 9.52. The number of carboxylic acids is 1. The van der Waals surface area contributed by atoms with Crippen molar-refractivity contribution < 1.29 is 23.5 Å². The number of amides is 1. The van der Waals surface area contributed by atoms with Crippen molar-refractivity contribution in [1.29, 1.82) is 5.26 Å². The third kappa shape index (κ3) is 7.39. The van der Waals surface area contributed by atoms with E-state index in [9.17, 15) is 20.0 Å². The molecule has 1 amide bonds. The van der Waals surface area contributed by atoms with Gasteiger partial charge in [-0.05, 0) is 90.6 Å². The molecule has 6 nitrogen and oxygen atoms in total. The molecule has 5 atom stereocenters. The molecule has 1 unspecified atom stereocenters. The Balaban J connectivity index is 1.76. The van der Waals surface area contributed by atoms with Crippen molar-refractivity contribution in [3.63, 3.8) is 0 Å². The minimum atomic E-state index is -1.29. The highest BCUT2D eigenvalue weighted by atomic mass is 35.5. The van der Waals surface area contributed by atoms with Crippen molar-refractivity contribution in [2.45, 2.75) is 89.1 Å². The zero-order valence-corrected chi connectivity index (χ0v) is 28.8. The van der Waals surface area contributed by atoms with Crippen LogP contribution in [0.5, 0.6) is 0 Å². The van der Waals surface area contributed by atoms with Gasteiger partial charge in [0.15, 0.2) is 0 Å². The van der Waals surface area contributed by atoms with Gasteiger partial charge in [-0.3, -0.25) is 4.79 Å². The molecule has 3 aromatic carbocycles. The maximum Gasteiger partial charge on any atom is 0.335 e. The van der Waals surface area contributed by atoms with Crippen LogP contribution in [0.2, 0.25) is 10.0 Å². The molecular formula is C38H41Cl2F2N3O3. The van der Waals surface area contributed by atoms with Gasteiger partial charge in [0.1, 0.15) is 11.6 Å². The smallest absolute Gasteiger partial charge is 0.335 e. The maximum atomic E-state index is 16.5. The number of nitriles is 1. The first-order chi connectivity index (χ1) is 22.7. The van der Waals surface area contributed by atoms with Crippen LogP contribution in [0, 0.1) is 40.2 Å². The fourth-order valence-electron chi connectivity index (χ4n) is 8.01. The van der Waals surface area contributed by atoms with Crippen LogP contribution in [-0.2, 0) is 10.2 Å². The van der Waals surface area contributed by atoms with Crippen LogP contribution in [0.15, 0.2) is 60.7 Å². The van der Waals surface area contributed by atoms with Gasteiger partial charge in [-0.15, -0.1) is 0 Å². The van der Waals surface area contributed by atoms with E-state index in [-0.39, 0.29) is 44.5 Å². The molecule has 1 saturated carbocycles. The first-order valence-corrected chi connectivity index (χ1v) is 17.2. The molecule has 3 N–H and O–H groups in total. The summed E-state index contributed by atoms with van der Waals surface area (Å²) in [6.45, 7) is 6.15. The van der Waals surface area contributed by atoms with Gasteiger partial charge in [0.05, 0.1) is 28.6 Å². The molecule has 5 rings (SSSR count). The monoisotopic (exact) mass is 695 g/mol. The van der Waals surface area contributed by atoms with Gasteiger partial charge >= 0.3 is 5.97 Å². The summed E-state index contributed by atoms with van der Waals surface area (Å²) in [5, 5.41) is 26.5. The van der Waals surface area contributed by atoms with Gasteiger partial charge < -0.3 is 15.7 Å². The first-order valence-electron chi connectivity index (χ1n) is 16.4. The predicted molar refractivity (Wildman–Crippen MR) is 184 cm³/mol. The number of anilines is 1. The van der Waals surface area contributed by atoms with E-state index in [4.69, 9.17) is 23.2 Å². The van der Waals surface area contributed by atoms with Gasteiger partial charge in [0, 0.05) is 28.1 Å². The summed E-state index contributed by atoms with van der Waals surface area (Å²) in [7, 11) is 0. The Labute approximate surface area is 290 Å². The number of nitrogens with zero attached hydrogens (tertiary/aromatic N) is 1. The zero-order chi connectivity index (χ0) is 34.8. The second-order valence-corrected chi connectivity index (χ2v) is 15.3. The fourth-order valence-corrected chi connectivity index (χ4v) is 8.35. The van der Waals surface area contributed by atoms with Gasteiger partial charge in [-0.25, -0.2) is 13.6 Å². The summed E-state index contributed by atoms with van der Waals surface area (Å²) in [5.74, 6) is -4.36. The standard InChI is InChI=1S/C38H41Cl2F2N3O3/c1-37(2,3)20-31-38(28-17-14-25(39)18-30(28)41,19-24(21-43)22-8-5-4-6-9-22)32(27-10-7-11-29(40)33(27)42)34(45-31)35(46)44-26-15-12-23(13-16-26)36(47)48/h7,10-18,22,24,31-32,34,45H,4-6,8-9,19-20H2,1-3H3,(H,44,46)(H,47,48)/t24?,31-,32-,34+,38+/m0/s1. The number of aromatic carboxylic acids is 1. The van der Waals surface area contributed by atoms with E-state index in [0.717, 1.165) is 32.1 Å². The topological polar surface area (TPSA) is 102 Å². The minimum Gasteiger partial charge on any atom is -0.478 e. The molecule has 0 bridgehead atoms. The third-order valence-electron chi connectivity index (χ3n) is 10.1. The molecule has 3 aromatic rings. The highest BCUT2D eigenvalue weighted by Gasteiger charge is 2.61. The lowest BCUT2D eigenvalue weighted by molar-refractivity contribution is -0.118. The Bertz CT molecular complexity index is 1700. The summed E-state index contributed by atoms with van der Waals surface area (Å²) in [5.41, 5.74) is -0.817. The minimum absolute atomic E-state index is 0.0543. The van der Waals surface area contributed by atoms with Crippen molar-refractivity contribution in [3.8, 4) is 6.07 Å². The van der Waals surface area contributed by atoms with E-state index in [1.165, 1.54) is 36.4 Å². The van der Waals surface area contributed by atoms with Crippen LogP contribution >= 0.6 is 23.2 Å².